The third kappa shape index (κ3) is 5.14. The molecule has 0 amide bonds. The fraction of sp³-hybridized carbons (Fsp3) is 0.364. The number of anilines is 1. The zero-order chi connectivity index (χ0) is 12.2. The molecule has 1 rings (SSSR count). The van der Waals surface area contributed by atoms with Crippen LogP contribution in [0.1, 0.15) is 5.56 Å². The Balaban J connectivity index is 2.61. The van der Waals surface area contributed by atoms with Crippen LogP contribution in [-0.4, -0.2) is 33.2 Å². The second-order valence-corrected chi connectivity index (χ2v) is 5.65. The fourth-order valence-corrected chi connectivity index (χ4v) is 1.84. The van der Waals surface area contributed by atoms with Crippen LogP contribution in [0.4, 0.5) is 5.69 Å². The van der Waals surface area contributed by atoms with Crippen LogP contribution in [0, 0.1) is 7.05 Å². The van der Waals surface area contributed by atoms with Gasteiger partial charge in [-0.05, 0) is 31.2 Å². The highest BCUT2D eigenvalue weighted by Crippen LogP contribution is 2.11. The number of hydrogen-bond acceptors (Lipinski definition) is 3. The lowest BCUT2D eigenvalue weighted by Gasteiger charge is -2.09. The molecule has 1 radical (unpaired) electrons. The molecule has 0 saturated heterocycles. The van der Waals surface area contributed by atoms with E-state index in [2.05, 4.69) is 11.8 Å². The van der Waals surface area contributed by atoms with Gasteiger partial charge in [-0.15, -0.1) is 0 Å². The minimum absolute atomic E-state index is 0.592. The van der Waals surface area contributed by atoms with Crippen molar-refractivity contribution < 1.29 is 8.42 Å². The molecule has 16 heavy (non-hydrogen) atoms. The molecule has 0 heterocycles. The van der Waals surface area contributed by atoms with Crippen LogP contribution in [0.2, 0.25) is 0 Å². The Bertz CT molecular complexity index is 424. The maximum absolute atomic E-state index is 11.0. The van der Waals surface area contributed by atoms with E-state index in [1.807, 2.05) is 24.1 Å². The van der Waals surface area contributed by atoms with Crippen molar-refractivity contribution in [3.8, 4) is 0 Å². The van der Waals surface area contributed by atoms with Crippen molar-refractivity contribution in [2.24, 2.45) is 0 Å². The summed E-state index contributed by atoms with van der Waals surface area (Å²) in [5, 5.41) is 0. The first-order chi connectivity index (χ1) is 7.37. The summed E-state index contributed by atoms with van der Waals surface area (Å²) in [6.45, 7) is 0.874. The third-order valence-corrected chi connectivity index (χ3v) is 2.65. The first-order valence-electron chi connectivity index (χ1n) is 4.95. The number of sulfonamides is 1. The molecule has 0 aliphatic carbocycles. The standard InChI is InChI=1S/C11H17N2O2S/c1-13(2)9-8-10-4-6-11(7-5-10)12-16(3,14)15/h4-7,12H,1,8-9H2,2-3H3. The fourth-order valence-electron chi connectivity index (χ4n) is 1.27. The summed E-state index contributed by atoms with van der Waals surface area (Å²) < 4.78 is 24.4. The molecule has 0 fully saturated rings. The second kappa shape index (κ2) is 5.32. The van der Waals surface area contributed by atoms with Gasteiger partial charge in [-0.1, -0.05) is 12.1 Å². The maximum Gasteiger partial charge on any atom is 0.229 e. The van der Waals surface area contributed by atoms with Crippen LogP contribution in [-0.2, 0) is 16.4 Å². The molecule has 0 saturated carbocycles. The summed E-state index contributed by atoms with van der Waals surface area (Å²) in [7, 11) is 2.49. The number of likely N-dealkylation sites (N-methyl/N-ethyl adjacent to an activating group) is 1. The summed E-state index contributed by atoms with van der Waals surface area (Å²) in [5.74, 6) is 0. The highest BCUT2D eigenvalue weighted by Gasteiger charge is 2.01. The Labute approximate surface area is 97.3 Å². The van der Waals surface area contributed by atoms with Crippen molar-refractivity contribution in [1.82, 2.24) is 4.90 Å². The number of nitrogens with one attached hydrogen (secondary N) is 1. The molecule has 1 aromatic carbocycles. The monoisotopic (exact) mass is 241 g/mol. The molecule has 0 aromatic heterocycles. The van der Waals surface area contributed by atoms with E-state index in [0.29, 0.717) is 5.69 Å². The van der Waals surface area contributed by atoms with E-state index in [9.17, 15) is 8.42 Å². The van der Waals surface area contributed by atoms with Crippen molar-refractivity contribution in [1.29, 1.82) is 0 Å². The Kier molecular flexibility index (Phi) is 4.32. The molecule has 1 N–H and O–H groups in total. The van der Waals surface area contributed by atoms with E-state index in [4.69, 9.17) is 0 Å². The van der Waals surface area contributed by atoms with Gasteiger partial charge in [0.15, 0.2) is 0 Å². The first kappa shape index (κ1) is 13.0. The number of benzene rings is 1. The van der Waals surface area contributed by atoms with E-state index in [1.54, 1.807) is 12.1 Å². The lowest BCUT2D eigenvalue weighted by molar-refractivity contribution is 0.455. The lowest BCUT2D eigenvalue weighted by Crippen LogP contribution is -2.12. The second-order valence-electron chi connectivity index (χ2n) is 3.90. The summed E-state index contributed by atoms with van der Waals surface area (Å²) in [4.78, 5) is 1.86. The Morgan fingerprint density at radius 2 is 1.88 bits per heavy atom. The van der Waals surface area contributed by atoms with E-state index in [1.165, 1.54) is 0 Å². The van der Waals surface area contributed by atoms with Crippen LogP contribution in [0.15, 0.2) is 24.3 Å². The Hall–Kier alpha value is -1.07. The Morgan fingerprint density at radius 1 is 1.31 bits per heavy atom. The summed E-state index contributed by atoms with van der Waals surface area (Å²) in [6, 6.07) is 7.35. The topological polar surface area (TPSA) is 49.4 Å². The van der Waals surface area contributed by atoms with Gasteiger partial charge in [0.1, 0.15) is 0 Å². The van der Waals surface area contributed by atoms with Crippen LogP contribution in [0.3, 0.4) is 0 Å². The van der Waals surface area contributed by atoms with Crippen molar-refractivity contribution in [2.75, 3.05) is 24.6 Å². The van der Waals surface area contributed by atoms with Gasteiger partial charge in [-0.3, -0.25) is 4.72 Å². The lowest BCUT2D eigenvalue weighted by atomic mass is 10.1. The van der Waals surface area contributed by atoms with Crippen LogP contribution in [0.25, 0.3) is 0 Å². The maximum atomic E-state index is 11.0. The van der Waals surface area contributed by atoms with Crippen molar-refractivity contribution in [2.45, 2.75) is 6.42 Å². The molecule has 0 spiro atoms. The van der Waals surface area contributed by atoms with Gasteiger partial charge >= 0.3 is 0 Å². The molecule has 4 nitrogen and oxygen atoms in total. The highest BCUT2D eigenvalue weighted by atomic mass is 32.2. The number of hydrogen-bond donors (Lipinski definition) is 1. The van der Waals surface area contributed by atoms with Crippen molar-refractivity contribution >= 4 is 15.7 Å². The van der Waals surface area contributed by atoms with Gasteiger partial charge in [0.05, 0.1) is 6.26 Å². The normalized spacial score (nSPS) is 11.8. The molecular formula is C11H17N2O2S. The quantitative estimate of drug-likeness (QED) is 0.846. The van der Waals surface area contributed by atoms with Crippen LogP contribution < -0.4 is 4.72 Å². The molecule has 5 heteroatoms. The number of nitrogens with zero attached hydrogens (tertiary/aromatic N) is 1. The van der Waals surface area contributed by atoms with Crippen molar-refractivity contribution in [3.63, 3.8) is 0 Å². The van der Waals surface area contributed by atoms with Gasteiger partial charge in [-0.2, -0.15) is 0 Å². The van der Waals surface area contributed by atoms with E-state index in [-0.39, 0.29) is 0 Å². The third-order valence-electron chi connectivity index (χ3n) is 2.04. The zero-order valence-electron chi connectivity index (χ0n) is 9.60. The number of rotatable bonds is 5. The van der Waals surface area contributed by atoms with Crippen molar-refractivity contribution in [3.05, 3.63) is 36.9 Å². The predicted octanol–water partition coefficient (Wildman–Crippen LogP) is 1.32. The predicted molar refractivity (Wildman–Crippen MR) is 66.6 cm³/mol. The van der Waals surface area contributed by atoms with Gasteiger partial charge in [0.2, 0.25) is 10.0 Å². The summed E-state index contributed by atoms with van der Waals surface area (Å²) in [6.07, 6.45) is 2.04. The van der Waals surface area contributed by atoms with Gasteiger partial charge < -0.3 is 4.90 Å². The smallest absolute Gasteiger partial charge is 0.229 e. The summed E-state index contributed by atoms with van der Waals surface area (Å²) in [5.41, 5.74) is 1.75. The zero-order valence-corrected chi connectivity index (χ0v) is 10.4. The van der Waals surface area contributed by atoms with E-state index >= 15 is 0 Å². The SMILES string of the molecule is [CH2]N(C)CCc1ccc(NS(C)(=O)=O)cc1. The first-order valence-corrected chi connectivity index (χ1v) is 6.84. The molecule has 1 aromatic rings. The average Bonchev–Trinajstić information content (AvgIpc) is 2.14. The molecule has 0 unspecified atom stereocenters. The van der Waals surface area contributed by atoms with Crippen LogP contribution in [0.5, 0.6) is 0 Å². The van der Waals surface area contributed by atoms with Gasteiger partial charge in [0, 0.05) is 19.3 Å². The van der Waals surface area contributed by atoms with Gasteiger partial charge in [0.25, 0.3) is 0 Å². The summed E-state index contributed by atoms with van der Waals surface area (Å²) >= 11 is 0. The molecular weight excluding hydrogens is 224 g/mol. The van der Waals surface area contributed by atoms with Gasteiger partial charge in [-0.25, -0.2) is 8.42 Å². The molecule has 0 bridgehead atoms. The van der Waals surface area contributed by atoms with E-state index in [0.717, 1.165) is 24.8 Å². The minimum atomic E-state index is -3.18. The molecule has 0 aliphatic rings. The molecule has 0 atom stereocenters. The Morgan fingerprint density at radius 3 is 2.31 bits per heavy atom. The average molecular weight is 241 g/mol. The largest absolute Gasteiger partial charge is 0.305 e. The molecule has 89 valence electrons. The van der Waals surface area contributed by atoms with Crippen LogP contribution >= 0.6 is 0 Å². The highest BCUT2D eigenvalue weighted by molar-refractivity contribution is 7.92. The molecule has 0 aliphatic heterocycles. The minimum Gasteiger partial charge on any atom is -0.305 e. The van der Waals surface area contributed by atoms with E-state index < -0.39 is 10.0 Å².